The third kappa shape index (κ3) is 4.26. The molecule has 0 aliphatic carbocycles. The molecule has 0 saturated heterocycles. The summed E-state index contributed by atoms with van der Waals surface area (Å²) in [4.78, 5) is 11.6. The number of furan rings is 1. The minimum absolute atomic E-state index is 0.0913. The molecule has 1 aromatic carbocycles. The molecule has 100 valence electrons. The standard InChI is InChI=1S/C15H17NO3/c17-14(12-5-2-1-3-6-12)8-9-15(18)16-11-13-7-4-10-19-13/h1-7,10,14,17H,8-9,11H2,(H,16,18). The van der Waals surface area contributed by atoms with Crippen LogP contribution in [0.25, 0.3) is 0 Å². The quantitative estimate of drug-likeness (QED) is 0.837. The molecule has 1 amide bonds. The van der Waals surface area contributed by atoms with Crippen molar-refractivity contribution in [1.82, 2.24) is 5.32 Å². The summed E-state index contributed by atoms with van der Waals surface area (Å²) < 4.78 is 5.11. The first-order valence-electron chi connectivity index (χ1n) is 6.28. The van der Waals surface area contributed by atoms with Crippen LogP contribution in [0, 0.1) is 0 Å². The first kappa shape index (κ1) is 13.4. The Balaban J connectivity index is 1.71. The number of rotatable bonds is 6. The second-order valence-electron chi connectivity index (χ2n) is 4.32. The summed E-state index contributed by atoms with van der Waals surface area (Å²) in [5, 5.41) is 12.7. The lowest BCUT2D eigenvalue weighted by molar-refractivity contribution is -0.121. The van der Waals surface area contributed by atoms with Crippen molar-refractivity contribution in [3.63, 3.8) is 0 Å². The van der Waals surface area contributed by atoms with E-state index in [1.807, 2.05) is 30.3 Å². The van der Waals surface area contributed by atoms with Crippen molar-refractivity contribution in [2.45, 2.75) is 25.5 Å². The lowest BCUT2D eigenvalue weighted by Gasteiger charge is -2.10. The van der Waals surface area contributed by atoms with E-state index in [0.717, 1.165) is 11.3 Å². The maximum atomic E-state index is 11.6. The van der Waals surface area contributed by atoms with Crippen LogP contribution in [0.3, 0.4) is 0 Å². The van der Waals surface area contributed by atoms with Gasteiger partial charge in [0.2, 0.25) is 5.91 Å². The van der Waals surface area contributed by atoms with E-state index in [1.165, 1.54) is 0 Å². The number of benzene rings is 1. The van der Waals surface area contributed by atoms with Gasteiger partial charge in [-0.25, -0.2) is 0 Å². The Labute approximate surface area is 112 Å². The van der Waals surface area contributed by atoms with Gasteiger partial charge in [-0.2, -0.15) is 0 Å². The SMILES string of the molecule is O=C(CCC(O)c1ccccc1)NCc1ccco1. The highest BCUT2D eigenvalue weighted by Crippen LogP contribution is 2.17. The second kappa shape index (κ2) is 6.75. The van der Waals surface area contributed by atoms with Crippen molar-refractivity contribution in [2.75, 3.05) is 0 Å². The molecule has 1 heterocycles. The number of amides is 1. The topological polar surface area (TPSA) is 62.5 Å². The fourth-order valence-electron chi connectivity index (χ4n) is 1.80. The third-order valence-electron chi connectivity index (χ3n) is 2.87. The normalized spacial score (nSPS) is 12.1. The number of hydrogen-bond donors (Lipinski definition) is 2. The van der Waals surface area contributed by atoms with Crippen LogP contribution in [0.2, 0.25) is 0 Å². The molecule has 4 heteroatoms. The molecular weight excluding hydrogens is 242 g/mol. The predicted octanol–water partition coefficient (Wildman–Crippen LogP) is 2.41. The Morgan fingerprint density at radius 2 is 2.00 bits per heavy atom. The van der Waals surface area contributed by atoms with Crippen LogP contribution in [0.5, 0.6) is 0 Å². The van der Waals surface area contributed by atoms with Gasteiger partial charge >= 0.3 is 0 Å². The average molecular weight is 259 g/mol. The molecule has 1 atom stereocenters. The zero-order valence-corrected chi connectivity index (χ0v) is 10.6. The van der Waals surface area contributed by atoms with Gasteiger partial charge in [0.25, 0.3) is 0 Å². The molecule has 0 aliphatic heterocycles. The number of carbonyl (C=O) groups is 1. The van der Waals surface area contributed by atoms with Gasteiger partial charge < -0.3 is 14.8 Å². The Kier molecular flexibility index (Phi) is 4.75. The highest BCUT2D eigenvalue weighted by molar-refractivity contribution is 5.75. The van der Waals surface area contributed by atoms with Crippen LogP contribution in [0.15, 0.2) is 53.1 Å². The maximum Gasteiger partial charge on any atom is 0.220 e. The van der Waals surface area contributed by atoms with Crippen molar-refractivity contribution in [3.05, 3.63) is 60.1 Å². The van der Waals surface area contributed by atoms with Crippen molar-refractivity contribution in [1.29, 1.82) is 0 Å². The highest BCUT2D eigenvalue weighted by atomic mass is 16.3. The van der Waals surface area contributed by atoms with E-state index in [2.05, 4.69) is 5.32 Å². The molecule has 0 aliphatic rings. The monoisotopic (exact) mass is 259 g/mol. The van der Waals surface area contributed by atoms with Crippen LogP contribution in [-0.4, -0.2) is 11.0 Å². The van der Waals surface area contributed by atoms with Gasteiger partial charge in [0.1, 0.15) is 5.76 Å². The molecule has 2 aromatic rings. The summed E-state index contributed by atoms with van der Waals surface area (Å²) in [6.45, 7) is 0.382. The fraction of sp³-hybridized carbons (Fsp3) is 0.267. The minimum Gasteiger partial charge on any atom is -0.467 e. The number of hydrogen-bond acceptors (Lipinski definition) is 3. The Morgan fingerprint density at radius 1 is 1.21 bits per heavy atom. The number of aliphatic hydroxyl groups excluding tert-OH is 1. The van der Waals surface area contributed by atoms with E-state index < -0.39 is 6.10 Å². The molecule has 2 N–H and O–H groups in total. The van der Waals surface area contributed by atoms with E-state index in [9.17, 15) is 9.90 Å². The molecule has 2 rings (SSSR count). The summed E-state index contributed by atoms with van der Waals surface area (Å²) >= 11 is 0. The van der Waals surface area contributed by atoms with Crippen LogP contribution in [-0.2, 0) is 11.3 Å². The third-order valence-corrected chi connectivity index (χ3v) is 2.87. The van der Waals surface area contributed by atoms with E-state index in [0.29, 0.717) is 13.0 Å². The molecule has 0 radical (unpaired) electrons. The lowest BCUT2D eigenvalue weighted by atomic mass is 10.1. The van der Waals surface area contributed by atoms with Gasteiger partial charge in [-0.15, -0.1) is 0 Å². The Morgan fingerprint density at radius 3 is 2.68 bits per heavy atom. The van der Waals surface area contributed by atoms with Gasteiger partial charge in [-0.3, -0.25) is 4.79 Å². The lowest BCUT2D eigenvalue weighted by Crippen LogP contribution is -2.22. The summed E-state index contributed by atoms with van der Waals surface area (Å²) in [6, 6.07) is 12.9. The minimum atomic E-state index is -0.601. The van der Waals surface area contributed by atoms with Crippen LogP contribution < -0.4 is 5.32 Å². The van der Waals surface area contributed by atoms with Gasteiger partial charge in [-0.05, 0) is 24.1 Å². The molecule has 4 nitrogen and oxygen atoms in total. The van der Waals surface area contributed by atoms with Crippen LogP contribution >= 0.6 is 0 Å². The summed E-state index contributed by atoms with van der Waals surface area (Å²) in [7, 11) is 0. The van der Waals surface area contributed by atoms with Crippen molar-refractivity contribution < 1.29 is 14.3 Å². The maximum absolute atomic E-state index is 11.6. The molecular formula is C15H17NO3. The Bertz CT molecular complexity index is 493. The summed E-state index contributed by atoms with van der Waals surface area (Å²) in [6.07, 6.45) is 1.67. The number of carbonyl (C=O) groups excluding carboxylic acids is 1. The fourth-order valence-corrected chi connectivity index (χ4v) is 1.80. The molecule has 0 spiro atoms. The molecule has 0 bridgehead atoms. The Hall–Kier alpha value is -2.07. The van der Waals surface area contributed by atoms with Crippen molar-refractivity contribution in [2.24, 2.45) is 0 Å². The van der Waals surface area contributed by atoms with E-state index in [4.69, 9.17) is 4.42 Å². The zero-order valence-electron chi connectivity index (χ0n) is 10.6. The van der Waals surface area contributed by atoms with Gasteiger partial charge in [0.05, 0.1) is 18.9 Å². The van der Waals surface area contributed by atoms with Crippen LogP contribution in [0.1, 0.15) is 30.3 Å². The second-order valence-corrected chi connectivity index (χ2v) is 4.32. The van der Waals surface area contributed by atoms with E-state index in [1.54, 1.807) is 18.4 Å². The van der Waals surface area contributed by atoms with Crippen LogP contribution in [0.4, 0.5) is 0 Å². The van der Waals surface area contributed by atoms with E-state index in [-0.39, 0.29) is 12.3 Å². The first-order valence-corrected chi connectivity index (χ1v) is 6.28. The number of nitrogens with one attached hydrogen (secondary N) is 1. The first-order chi connectivity index (χ1) is 9.25. The largest absolute Gasteiger partial charge is 0.467 e. The molecule has 1 aromatic heterocycles. The zero-order chi connectivity index (χ0) is 13.5. The smallest absolute Gasteiger partial charge is 0.220 e. The molecule has 0 saturated carbocycles. The molecule has 0 fully saturated rings. The predicted molar refractivity (Wildman–Crippen MR) is 71.2 cm³/mol. The van der Waals surface area contributed by atoms with E-state index >= 15 is 0 Å². The molecule has 19 heavy (non-hydrogen) atoms. The highest BCUT2D eigenvalue weighted by Gasteiger charge is 2.10. The number of aliphatic hydroxyl groups is 1. The van der Waals surface area contributed by atoms with Gasteiger partial charge in [0, 0.05) is 6.42 Å². The average Bonchev–Trinajstić information content (AvgIpc) is 2.96. The van der Waals surface area contributed by atoms with Crippen molar-refractivity contribution in [3.8, 4) is 0 Å². The van der Waals surface area contributed by atoms with Gasteiger partial charge in [-0.1, -0.05) is 30.3 Å². The van der Waals surface area contributed by atoms with Gasteiger partial charge in [0.15, 0.2) is 0 Å². The summed E-state index contributed by atoms with van der Waals surface area (Å²) in [5.41, 5.74) is 0.835. The molecule has 1 unspecified atom stereocenters. The van der Waals surface area contributed by atoms with Crippen molar-refractivity contribution >= 4 is 5.91 Å². The summed E-state index contributed by atoms with van der Waals surface area (Å²) in [5.74, 6) is 0.628.